The first-order chi connectivity index (χ1) is 15.3. The molecule has 5 heterocycles. The lowest BCUT2D eigenvalue weighted by Gasteiger charge is -2.31. The number of hydrogen-bond donors (Lipinski definition) is 1. The van der Waals surface area contributed by atoms with Gasteiger partial charge < -0.3 is 24.6 Å². The van der Waals surface area contributed by atoms with Crippen molar-refractivity contribution in [1.82, 2.24) is 25.1 Å². The van der Waals surface area contributed by atoms with Crippen LogP contribution in [0.3, 0.4) is 0 Å². The second kappa shape index (κ2) is 9.18. The van der Waals surface area contributed by atoms with Crippen LogP contribution in [-0.2, 0) is 9.47 Å². The third-order valence-electron chi connectivity index (χ3n) is 6.15. The van der Waals surface area contributed by atoms with Gasteiger partial charge in [-0.25, -0.2) is 4.98 Å². The molecule has 3 fully saturated rings. The van der Waals surface area contributed by atoms with Gasteiger partial charge in [0.05, 0.1) is 44.4 Å². The molecule has 2 aromatic heterocycles. The number of aromatic nitrogens is 4. The Morgan fingerprint density at radius 1 is 0.968 bits per heavy atom. The Hall–Kier alpha value is -2.74. The van der Waals surface area contributed by atoms with Gasteiger partial charge in [0.25, 0.3) is 0 Å². The lowest BCUT2D eigenvalue weighted by molar-refractivity contribution is 0.121. The van der Waals surface area contributed by atoms with E-state index in [-0.39, 0.29) is 0 Å². The lowest BCUT2D eigenvalue weighted by atomic mass is 10.1. The molecular weight excluding hydrogens is 396 g/mol. The topological polar surface area (TPSA) is 104 Å². The maximum absolute atomic E-state index is 10.1. The van der Waals surface area contributed by atoms with Crippen LogP contribution in [0.1, 0.15) is 24.4 Å². The summed E-state index contributed by atoms with van der Waals surface area (Å²) in [7, 11) is 0. The Morgan fingerprint density at radius 2 is 1.65 bits per heavy atom. The van der Waals surface area contributed by atoms with E-state index in [9.17, 15) is 5.26 Å². The van der Waals surface area contributed by atoms with E-state index in [1.807, 2.05) is 17.1 Å². The van der Waals surface area contributed by atoms with Gasteiger partial charge in [-0.2, -0.15) is 15.3 Å². The fourth-order valence-corrected chi connectivity index (χ4v) is 4.39. The largest absolute Gasteiger partial charge is 0.378 e. The van der Waals surface area contributed by atoms with Gasteiger partial charge in [0.2, 0.25) is 5.95 Å². The molecule has 164 valence electrons. The minimum Gasteiger partial charge on any atom is -0.378 e. The third kappa shape index (κ3) is 4.21. The number of anilines is 2. The first-order valence-corrected chi connectivity index (χ1v) is 11.1. The monoisotopic (exact) mass is 424 g/mol. The van der Waals surface area contributed by atoms with Crippen LogP contribution in [0.25, 0.3) is 11.3 Å². The van der Waals surface area contributed by atoms with Crippen LogP contribution in [-0.4, -0.2) is 85.4 Å². The van der Waals surface area contributed by atoms with E-state index < -0.39 is 0 Å². The van der Waals surface area contributed by atoms with E-state index >= 15 is 0 Å². The van der Waals surface area contributed by atoms with Crippen molar-refractivity contribution in [2.75, 3.05) is 75.5 Å². The van der Waals surface area contributed by atoms with Gasteiger partial charge in [-0.05, 0) is 25.9 Å². The Morgan fingerprint density at radius 3 is 2.32 bits per heavy atom. The van der Waals surface area contributed by atoms with Crippen molar-refractivity contribution in [3.63, 3.8) is 0 Å². The van der Waals surface area contributed by atoms with Gasteiger partial charge in [0, 0.05) is 37.9 Å². The Balaban J connectivity index is 1.56. The molecule has 10 heteroatoms. The molecule has 3 aliphatic heterocycles. The van der Waals surface area contributed by atoms with Crippen molar-refractivity contribution in [1.29, 1.82) is 5.26 Å². The maximum Gasteiger partial charge on any atom is 0.228 e. The summed E-state index contributed by atoms with van der Waals surface area (Å²) in [5, 5.41) is 18.1. The summed E-state index contributed by atoms with van der Waals surface area (Å²) in [4.78, 5) is 14.0. The number of hydrogen-bond acceptors (Lipinski definition) is 9. The molecule has 0 radical (unpaired) electrons. The summed E-state index contributed by atoms with van der Waals surface area (Å²) < 4.78 is 13.0. The van der Waals surface area contributed by atoms with E-state index in [4.69, 9.17) is 19.4 Å². The Kier molecular flexibility index (Phi) is 5.97. The van der Waals surface area contributed by atoms with E-state index in [1.54, 1.807) is 0 Å². The van der Waals surface area contributed by atoms with Crippen LogP contribution >= 0.6 is 0 Å². The summed E-state index contributed by atoms with van der Waals surface area (Å²) in [5.41, 5.74) is 2.02. The SMILES string of the molecule is N#Cc1c(-c2cnn(C3CCNCC3)c2)nc(N2CCOCC2)nc1N1CCOCC1. The number of rotatable bonds is 4. The quantitative estimate of drug-likeness (QED) is 0.763. The highest BCUT2D eigenvalue weighted by Gasteiger charge is 2.26. The fraction of sp³-hybridized carbons (Fsp3) is 0.619. The van der Waals surface area contributed by atoms with Gasteiger partial charge >= 0.3 is 0 Å². The molecule has 5 rings (SSSR count). The van der Waals surface area contributed by atoms with Crippen LogP contribution < -0.4 is 15.1 Å². The molecule has 10 nitrogen and oxygen atoms in total. The molecular formula is C21H28N8O2. The molecule has 0 aliphatic carbocycles. The average molecular weight is 425 g/mol. The zero-order valence-electron chi connectivity index (χ0n) is 17.7. The minimum atomic E-state index is 0.375. The molecule has 0 bridgehead atoms. The third-order valence-corrected chi connectivity index (χ3v) is 6.15. The number of nitrogens with one attached hydrogen (secondary N) is 1. The normalized spacial score (nSPS) is 20.6. The summed E-state index contributed by atoms with van der Waals surface area (Å²) in [5.74, 6) is 1.33. The molecule has 3 aliphatic rings. The number of nitriles is 1. The highest BCUT2D eigenvalue weighted by atomic mass is 16.5. The van der Waals surface area contributed by atoms with Crippen molar-refractivity contribution in [2.24, 2.45) is 0 Å². The Bertz CT molecular complexity index is 937. The van der Waals surface area contributed by atoms with Gasteiger partial charge in [0.1, 0.15) is 11.6 Å². The standard InChI is InChI=1S/C21H28N8O2/c22-13-18-19(16-14-24-29(15-16)17-1-3-23-4-2-17)25-21(28-7-11-31-12-8-28)26-20(18)27-5-9-30-10-6-27/h14-15,17,23H,1-12H2. The van der Waals surface area contributed by atoms with E-state index in [1.165, 1.54) is 0 Å². The molecule has 0 spiro atoms. The summed E-state index contributed by atoms with van der Waals surface area (Å²) >= 11 is 0. The van der Waals surface area contributed by atoms with Crippen molar-refractivity contribution >= 4 is 11.8 Å². The molecule has 3 saturated heterocycles. The van der Waals surface area contributed by atoms with Gasteiger partial charge in [-0.1, -0.05) is 0 Å². The van der Waals surface area contributed by atoms with Gasteiger partial charge in [-0.15, -0.1) is 0 Å². The average Bonchev–Trinajstić information content (AvgIpc) is 3.35. The first-order valence-electron chi connectivity index (χ1n) is 11.1. The number of nitrogens with zero attached hydrogens (tertiary/aromatic N) is 7. The molecule has 1 N–H and O–H groups in total. The predicted octanol–water partition coefficient (Wildman–Crippen LogP) is 0.809. The second-order valence-electron chi connectivity index (χ2n) is 8.07. The second-order valence-corrected chi connectivity index (χ2v) is 8.07. The maximum atomic E-state index is 10.1. The molecule has 0 amide bonds. The number of morpholine rings is 2. The van der Waals surface area contributed by atoms with Crippen LogP contribution in [0, 0.1) is 11.3 Å². The number of ether oxygens (including phenoxy) is 2. The minimum absolute atomic E-state index is 0.375. The van der Waals surface area contributed by atoms with Crippen molar-refractivity contribution < 1.29 is 9.47 Å². The van der Waals surface area contributed by atoms with Crippen molar-refractivity contribution in [3.8, 4) is 17.3 Å². The van der Waals surface area contributed by atoms with Crippen LogP contribution in [0.5, 0.6) is 0 Å². The lowest BCUT2D eigenvalue weighted by Crippen LogP contribution is -2.40. The first kappa shape index (κ1) is 20.2. The fourth-order valence-electron chi connectivity index (χ4n) is 4.39. The van der Waals surface area contributed by atoms with E-state index in [2.05, 4.69) is 26.3 Å². The molecule has 0 atom stereocenters. The van der Waals surface area contributed by atoms with Crippen molar-refractivity contribution in [3.05, 3.63) is 18.0 Å². The summed E-state index contributed by atoms with van der Waals surface area (Å²) in [6.07, 6.45) is 5.96. The summed E-state index contributed by atoms with van der Waals surface area (Å²) in [6.45, 7) is 7.46. The molecule has 2 aromatic rings. The van der Waals surface area contributed by atoms with E-state index in [0.717, 1.165) is 44.6 Å². The van der Waals surface area contributed by atoms with Gasteiger partial charge in [0.15, 0.2) is 5.82 Å². The summed E-state index contributed by atoms with van der Waals surface area (Å²) in [6, 6.07) is 2.76. The van der Waals surface area contributed by atoms with Crippen LogP contribution in [0.4, 0.5) is 11.8 Å². The van der Waals surface area contributed by atoms with Gasteiger partial charge in [-0.3, -0.25) is 4.68 Å². The number of piperidine rings is 1. The molecule has 0 aromatic carbocycles. The smallest absolute Gasteiger partial charge is 0.228 e. The predicted molar refractivity (Wildman–Crippen MR) is 115 cm³/mol. The zero-order valence-corrected chi connectivity index (χ0v) is 17.7. The highest BCUT2D eigenvalue weighted by molar-refractivity contribution is 5.74. The van der Waals surface area contributed by atoms with Crippen molar-refractivity contribution in [2.45, 2.75) is 18.9 Å². The molecule has 0 saturated carbocycles. The molecule has 31 heavy (non-hydrogen) atoms. The van der Waals surface area contributed by atoms with Crippen LogP contribution in [0.15, 0.2) is 12.4 Å². The highest BCUT2D eigenvalue weighted by Crippen LogP contribution is 2.32. The van der Waals surface area contributed by atoms with E-state index in [0.29, 0.717) is 68.6 Å². The molecule has 0 unspecified atom stereocenters. The zero-order chi connectivity index (χ0) is 21.0. The Labute approximate surface area is 181 Å². The van der Waals surface area contributed by atoms with Crippen LogP contribution in [0.2, 0.25) is 0 Å².